The van der Waals surface area contributed by atoms with E-state index in [1.165, 1.54) is 16.9 Å². The van der Waals surface area contributed by atoms with E-state index < -0.39 is 6.04 Å². The number of allylic oxidation sites excluding steroid dienone is 1. The maximum atomic E-state index is 13.3. The van der Waals surface area contributed by atoms with Gasteiger partial charge in [0.2, 0.25) is 5.91 Å². The molecule has 1 atom stereocenters. The van der Waals surface area contributed by atoms with Crippen molar-refractivity contribution >= 4 is 23.4 Å². The average Bonchev–Trinajstić information content (AvgIpc) is 3.21. The van der Waals surface area contributed by atoms with Crippen molar-refractivity contribution in [3.05, 3.63) is 93.5 Å². The normalized spacial score (nSPS) is 21.5. The number of amides is 2. The highest BCUT2D eigenvalue weighted by Gasteiger charge is 2.64. The number of halogens is 1. The Morgan fingerprint density at radius 3 is 2.20 bits per heavy atom. The Labute approximate surface area is 351 Å². The number of aromatic nitrogens is 2. The molecule has 0 bridgehead atoms. The van der Waals surface area contributed by atoms with Crippen molar-refractivity contribution in [1.29, 1.82) is 5.26 Å². The van der Waals surface area contributed by atoms with Gasteiger partial charge < -0.3 is 29.6 Å². The summed E-state index contributed by atoms with van der Waals surface area (Å²) in [6.07, 6.45) is 4.17. The largest absolute Gasteiger partial charge is 0.494 e. The zero-order chi connectivity index (χ0) is 42.2. The van der Waals surface area contributed by atoms with Gasteiger partial charge in [-0.15, -0.1) is 0 Å². The van der Waals surface area contributed by atoms with Gasteiger partial charge in [0.1, 0.15) is 42.1 Å². The summed E-state index contributed by atoms with van der Waals surface area (Å²) < 4.78 is 25.2. The third-order valence-corrected chi connectivity index (χ3v) is 11.9. The Morgan fingerprint density at radius 1 is 0.915 bits per heavy atom. The molecule has 2 amide bonds. The summed E-state index contributed by atoms with van der Waals surface area (Å²) in [6.45, 7) is 19.8. The van der Waals surface area contributed by atoms with Crippen LogP contribution in [0.5, 0.6) is 17.2 Å². The second-order valence-corrected chi connectivity index (χ2v) is 17.1. The monoisotopic (exact) mass is 829 g/mol. The van der Waals surface area contributed by atoms with E-state index in [0.717, 1.165) is 52.1 Å². The van der Waals surface area contributed by atoms with E-state index >= 15 is 0 Å². The van der Waals surface area contributed by atoms with E-state index in [1.54, 1.807) is 30.3 Å². The van der Waals surface area contributed by atoms with Crippen molar-refractivity contribution in [3.63, 3.8) is 0 Å². The zero-order valence-corrected chi connectivity index (χ0v) is 35.3. The number of rotatable bonds is 18. The molecule has 1 aliphatic carbocycles. The number of piperazine rings is 1. The Bertz CT molecular complexity index is 2040. The highest BCUT2D eigenvalue weighted by atomic mass is 35.5. The summed E-state index contributed by atoms with van der Waals surface area (Å²) in [5.74, 6) is 1.30. The van der Waals surface area contributed by atoms with Gasteiger partial charge in [0.05, 0.1) is 30.0 Å². The average molecular weight is 830 g/mol. The summed E-state index contributed by atoms with van der Waals surface area (Å²) in [4.78, 5) is 42.9. The number of nitrogens with one attached hydrogen (secondary N) is 2. The van der Waals surface area contributed by atoms with Crippen LogP contribution in [0.1, 0.15) is 75.3 Å². The summed E-state index contributed by atoms with van der Waals surface area (Å²) in [5, 5.41) is 19.6. The van der Waals surface area contributed by atoms with Crippen LogP contribution in [0.4, 0.5) is 0 Å². The molecule has 2 N–H and O–H groups in total. The van der Waals surface area contributed by atoms with E-state index in [-0.39, 0.29) is 40.3 Å². The van der Waals surface area contributed by atoms with Crippen molar-refractivity contribution in [2.75, 3.05) is 65.7 Å². The molecule has 3 heterocycles. The number of nitrogens with zero attached hydrogens (tertiary/aromatic N) is 5. The Morgan fingerprint density at radius 2 is 1.56 bits per heavy atom. The van der Waals surface area contributed by atoms with Crippen molar-refractivity contribution in [2.24, 2.45) is 10.8 Å². The summed E-state index contributed by atoms with van der Waals surface area (Å²) in [5.41, 5.74) is 0.550. The fourth-order valence-corrected chi connectivity index (χ4v) is 8.76. The molecule has 3 aliphatic rings. The third-order valence-electron chi connectivity index (χ3n) is 11.6. The van der Waals surface area contributed by atoms with Gasteiger partial charge in [-0.1, -0.05) is 45.9 Å². The van der Waals surface area contributed by atoms with Crippen LogP contribution in [0.15, 0.2) is 71.8 Å². The molecule has 3 aromatic rings. The van der Waals surface area contributed by atoms with Gasteiger partial charge in [-0.05, 0) is 62.1 Å². The van der Waals surface area contributed by atoms with E-state index in [4.69, 9.17) is 30.5 Å². The first-order valence-corrected chi connectivity index (χ1v) is 20.8. The molecule has 2 aliphatic heterocycles. The van der Waals surface area contributed by atoms with Gasteiger partial charge in [-0.3, -0.25) is 24.2 Å². The summed E-state index contributed by atoms with van der Waals surface area (Å²) >= 11 is 6.23. The second-order valence-electron chi connectivity index (χ2n) is 16.6. The molecule has 15 heteroatoms. The molecule has 2 aromatic carbocycles. The molecule has 6 rings (SSSR count). The third kappa shape index (κ3) is 10.8. The number of benzene rings is 2. The molecule has 0 radical (unpaired) electrons. The maximum absolute atomic E-state index is 13.3. The lowest BCUT2D eigenvalue weighted by molar-refractivity contribution is -0.164. The first-order valence-electron chi connectivity index (χ1n) is 20.4. The van der Waals surface area contributed by atoms with Crippen LogP contribution < -0.4 is 30.4 Å². The number of hydrogen-bond acceptors (Lipinski definition) is 11. The molecule has 0 spiro atoms. The predicted molar refractivity (Wildman–Crippen MR) is 224 cm³/mol. The van der Waals surface area contributed by atoms with Crippen LogP contribution in [0.3, 0.4) is 0 Å². The molecule has 1 saturated carbocycles. The lowest BCUT2D eigenvalue weighted by Crippen LogP contribution is -2.74. The lowest BCUT2D eigenvalue weighted by Gasteiger charge is -2.63. The first-order chi connectivity index (χ1) is 28.3. The highest BCUT2D eigenvalue weighted by molar-refractivity contribution is 6.31. The number of carbonyl (C=O) groups excluding carboxylic acids is 2. The van der Waals surface area contributed by atoms with Crippen molar-refractivity contribution in [2.45, 2.75) is 71.6 Å². The number of ether oxygens (including phenoxy) is 4. The highest BCUT2D eigenvalue weighted by Crippen LogP contribution is 2.55. The van der Waals surface area contributed by atoms with Crippen LogP contribution in [0.2, 0.25) is 5.02 Å². The number of piperidine rings is 1. The van der Waals surface area contributed by atoms with Gasteiger partial charge >= 0.3 is 0 Å². The fraction of sp³-hybridized carbons (Fsp3) is 0.523. The molecule has 316 valence electrons. The van der Waals surface area contributed by atoms with Gasteiger partial charge in [0.15, 0.2) is 0 Å². The predicted octanol–water partition coefficient (Wildman–Crippen LogP) is 5.22. The fourth-order valence-electron chi connectivity index (χ4n) is 8.54. The SMILES string of the molecule is C=C1CCC(n2ncc(OCCN3CCN(CCOCCCCOc4ccc(C(=O)NC5C(C)(C)C(Oc6ccc(C#N)c(Cl)c6)C5(C)C)cc4)CC3)cc2=O)C(=O)N1. The smallest absolute Gasteiger partial charge is 0.271 e. The molecule has 59 heavy (non-hydrogen) atoms. The van der Waals surface area contributed by atoms with E-state index in [9.17, 15) is 19.6 Å². The standard InChI is InChI=1S/C44H56ClN7O7/c1-30-8-15-37(40(55)48-30)52-38(53)27-35(29-47-52)58-25-21-51-18-16-50(17-19-51)20-24-56-22-6-7-23-57-33-12-9-31(10-13-33)39(54)49-41-43(2,3)42(44(41,4)5)59-34-14-11-32(28-46)36(45)26-34/h9-14,26-27,29,37,41-42H,1,6-8,15-25H2,2-5H3,(H,48,55)(H,49,54). The van der Waals surface area contributed by atoms with E-state index in [0.29, 0.717) is 78.4 Å². The molecule has 14 nitrogen and oxygen atoms in total. The quantitative estimate of drug-likeness (QED) is 0.162. The van der Waals surface area contributed by atoms with E-state index in [2.05, 4.69) is 65.9 Å². The lowest BCUT2D eigenvalue weighted by atomic mass is 9.49. The molecule has 1 unspecified atom stereocenters. The summed E-state index contributed by atoms with van der Waals surface area (Å²) in [7, 11) is 0. The minimum Gasteiger partial charge on any atom is -0.494 e. The van der Waals surface area contributed by atoms with Crippen molar-refractivity contribution < 1.29 is 28.5 Å². The van der Waals surface area contributed by atoms with Gasteiger partial charge in [0, 0.05) is 86.1 Å². The van der Waals surface area contributed by atoms with Crippen molar-refractivity contribution in [1.82, 2.24) is 30.2 Å². The Kier molecular flexibility index (Phi) is 14.4. The number of unbranched alkanes of at least 4 members (excludes halogenated alkanes) is 1. The minimum absolute atomic E-state index is 0.131. The number of hydrogen-bond donors (Lipinski definition) is 2. The Hall–Kier alpha value is -4.94. The van der Waals surface area contributed by atoms with E-state index in [1.807, 2.05) is 12.1 Å². The minimum atomic E-state index is -0.633. The molecular formula is C44H56ClN7O7. The molecule has 1 aromatic heterocycles. The number of nitriles is 1. The topological polar surface area (TPSA) is 160 Å². The Balaban J connectivity index is 0.798. The molecular weight excluding hydrogens is 774 g/mol. The first kappa shape index (κ1) is 43.6. The van der Waals surface area contributed by atoms with Crippen LogP contribution in [-0.4, -0.2) is 109 Å². The van der Waals surface area contributed by atoms with Gasteiger partial charge in [-0.2, -0.15) is 10.4 Å². The van der Waals surface area contributed by atoms with Crippen LogP contribution in [0, 0.1) is 22.2 Å². The van der Waals surface area contributed by atoms with Crippen molar-refractivity contribution in [3.8, 4) is 23.3 Å². The second kappa shape index (κ2) is 19.4. The van der Waals surface area contributed by atoms with Crippen LogP contribution in [-0.2, 0) is 9.53 Å². The molecule has 3 fully saturated rings. The van der Waals surface area contributed by atoms with Gasteiger partial charge in [0.25, 0.3) is 11.5 Å². The summed E-state index contributed by atoms with van der Waals surface area (Å²) in [6, 6.07) is 15.0. The van der Waals surface area contributed by atoms with Gasteiger partial charge in [-0.25, -0.2) is 4.68 Å². The number of carbonyl (C=O) groups is 2. The maximum Gasteiger partial charge on any atom is 0.271 e. The van der Waals surface area contributed by atoms with Crippen LogP contribution >= 0.6 is 11.6 Å². The zero-order valence-electron chi connectivity index (χ0n) is 34.5. The molecule has 2 saturated heterocycles. The van der Waals surface area contributed by atoms with Crippen LogP contribution in [0.25, 0.3) is 0 Å².